The van der Waals surface area contributed by atoms with Gasteiger partial charge in [0.25, 0.3) is 0 Å². The van der Waals surface area contributed by atoms with Gasteiger partial charge in [0.2, 0.25) is 5.88 Å². The molecular weight excluding hydrogens is 357 g/mol. The van der Waals surface area contributed by atoms with Crippen LogP contribution in [-0.2, 0) is 0 Å². The van der Waals surface area contributed by atoms with E-state index in [4.69, 9.17) is 27.9 Å². The largest absolute Gasteiger partial charge is 0.477 e. The zero-order chi connectivity index (χ0) is 15.4. The van der Waals surface area contributed by atoms with Crippen molar-refractivity contribution in [1.29, 1.82) is 0 Å². The first-order valence-electron chi connectivity index (χ1n) is 7.58. The minimum Gasteiger partial charge on any atom is -0.477 e. The van der Waals surface area contributed by atoms with E-state index in [2.05, 4.69) is 10.00 Å². The average molecular weight is 377 g/mol. The quantitative estimate of drug-likeness (QED) is 0.697. The number of nitrogens with zero attached hydrogens (tertiary/aromatic N) is 3. The number of aromatic nitrogens is 2. The lowest BCUT2D eigenvalue weighted by Crippen LogP contribution is -2.21. The van der Waals surface area contributed by atoms with E-state index >= 15 is 0 Å². The normalized spacial score (nSPS) is 14.7. The van der Waals surface area contributed by atoms with Crippen LogP contribution < -0.4 is 4.74 Å². The molecule has 7 heteroatoms. The first kappa shape index (κ1) is 18.4. The third kappa shape index (κ3) is 5.01. The van der Waals surface area contributed by atoms with E-state index in [1.165, 1.54) is 25.9 Å². The molecule has 1 aliphatic heterocycles. The Balaban J connectivity index is 0.00000192. The molecule has 4 nitrogen and oxygen atoms in total. The lowest BCUT2D eigenvalue weighted by molar-refractivity contribution is 0.256. The first-order valence-corrected chi connectivity index (χ1v) is 8.34. The van der Waals surface area contributed by atoms with Gasteiger partial charge in [-0.1, -0.05) is 23.2 Å². The Bertz CT molecular complexity index is 627. The van der Waals surface area contributed by atoms with E-state index in [9.17, 15) is 0 Å². The van der Waals surface area contributed by atoms with Gasteiger partial charge in [-0.2, -0.15) is 0 Å². The van der Waals surface area contributed by atoms with Crippen molar-refractivity contribution in [2.45, 2.75) is 19.3 Å². The first-order chi connectivity index (χ1) is 10.7. The molecule has 3 rings (SSSR count). The van der Waals surface area contributed by atoms with Gasteiger partial charge in [-0.15, -0.1) is 17.5 Å². The Morgan fingerprint density at radius 1 is 1.09 bits per heavy atom. The number of likely N-dealkylation sites (tertiary alicyclic amines) is 1. The zero-order valence-electron chi connectivity index (χ0n) is 12.8. The predicted molar refractivity (Wildman–Crippen MR) is 96.6 cm³/mol. The number of rotatable bonds is 6. The lowest BCUT2D eigenvalue weighted by Gasteiger charge is -2.13. The van der Waals surface area contributed by atoms with Crippen LogP contribution in [0.4, 0.5) is 0 Å². The van der Waals surface area contributed by atoms with E-state index in [1.54, 1.807) is 16.8 Å². The van der Waals surface area contributed by atoms with Crippen LogP contribution in [0.15, 0.2) is 30.5 Å². The Labute approximate surface area is 152 Å². The molecule has 0 saturated carbocycles. The number of benzene rings is 1. The molecule has 0 aliphatic carbocycles. The topological polar surface area (TPSA) is 30.3 Å². The summed E-state index contributed by atoms with van der Waals surface area (Å²) in [6, 6.07) is 7.28. The van der Waals surface area contributed by atoms with Crippen molar-refractivity contribution in [2.75, 3.05) is 26.2 Å². The molecule has 1 aromatic carbocycles. The summed E-state index contributed by atoms with van der Waals surface area (Å²) < 4.78 is 7.44. The molecule has 126 valence electrons. The van der Waals surface area contributed by atoms with Crippen molar-refractivity contribution < 1.29 is 4.74 Å². The molecular formula is C16H20Cl3N3O. The van der Waals surface area contributed by atoms with Crippen LogP contribution in [0.5, 0.6) is 5.88 Å². The van der Waals surface area contributed by atoms with Crippen LogP contribution in [-0.4, -0.2) is 40.9 Å². The minimum atomic E-state index is 0. The lowest BCUT2D eigenvalue weighted by atomic mass is 10.3. The Morgan fingerprint density at radius 3 is 2.61 bits per heavy atom. The summed E-state index contributed by atoms with van der Waals surface area (Å²) in [5.41, 5.74) is 0.862. The fourth-order valence-corrected chi connectivity index (χ4v) is 2.92. The second kappa shape index (κ2) is 8.78. The molecule has 0 bridgehead atoms. The van der Waals surface area contributed by atoms with E-state index in [0.717, 1.165) is 18.7 Å². The van der Waals surface area contributed by atoms with Gasteiger partial charge in [0.05, 0.1) is 22.3 Å². The smallest absolute Gasteiger partial charge is 0.233 e. The number of hydrogen-bond donors (Lipinski definition) is 0. The molecule has 1 aliphatic rings. The van der Waals surface area contributed by atoms with Crippen molar-refractivity contribution in [3.05, 3.63) is 40.5 Å². The van der Waals surface area contributed by atoms with Crippen molar-refractivity contribution in [1.82, 2.24) is 14.7 Å². The van der Waals surface area contributed by atoms with Gasteiger partial charge in [0, 0.05) is 18.8 Å². The molecule has 0 spiro atoms. The van der Waals surface area contributed by atoms with E-state index in [-0.39, 0.29) is 12.4 Å². The summed E-state index contributed by atoms with van der Waals surface area (Å²) in [4.78, 5) is 2.48. The molecule has 0 N–H and O–H groups in total. The summed E-state index contributed by atoms with van der Waals surface area (Å²) in [6.07, 6.45) is 5.54. The van der Waals surface area contributed by atoms with Crippen LogP contribution in [0, 0.1) is 0 Å². The summed E-state index contributed by atoms with van der Waals surface area (Å²) in [5, 5.41) is 5.45. The third-order valence-corrected chi connectivity index (χ3v) is 4.54. The molecule has 2 heterocycles. The molecule has 1 aromatic heterocycles. The van der Waals surface area contributed by atoms with E-state index in [0.29, 0.717) is 22.5 Å². The fraction of sp³-hybridized carbons (Fsp3) is 0.438. The maximum Gasteiger partial charge on any atom is 0.233 e. The molecule has 0 radical (unpaired) electrons. The van der Waals surface area contributed by atoms with Gasteiger partial charge >= 0.3 is 0 Å². The van der Waals surface area contributed by atoms with E-state index in [1.807, 2.05) is 18.3 Å². The second-order valence-electron chi connectivity index (χ2n) is 5.45. The zero-order valence-corrected chi connectivity index (χ0v) is 15.1. The predicted octanol–water partition coefficient (Wildman–Crippen LogP) is 4.47. The third-order valence-electron chi connectivity index (χ3n) is 3.80. The number of halogens is 3. The monoisotopic (exact) mass is 375 g/mol. The van der Waals surface area contributed by atoms with Crippen LogP contribution in [0.3, 0.4) is 0 Å². The molecule has 1 saturated heterocycles. The van der Waals surface area contributed by atoms with Crippen molar-refractivity contribution in [3.8, 4) is 11.6 Å². The van der Waals surface area contributed by atoms with Gasteiger partial charge in [-0.25, -0.2) is 4.68 Å². The van der Waals surface area contributed by atoms with Crippen molar-refractivity contribution >= 4 is 35.6 Å². The summed E-state index contributed by atoms with van der Waals surface area (Å²) >= 11 is 11.9. The molecule has 0 atom stereocenters. The van der Waals surface area contributed by atoms with E-state index < -0.39 is 0 Å². The molecule has 1 fully saturated rings. The summed E-state index contributed by atoms with van der Waals surface area (Å²) in [6.45, 7) is 4.25. The minimum absolute atomic E-state index is 0. The van der Waals surface area contributed by atoms with Crippen LogP contribution >= 0.6 is 35.6 Å². The van der Waals surface area contributed by atoms with Gasteiger partial charge in [0.15, 0.2) is 0 Å². The molecule has 0 unspecified atom stereocenters. The van der Waals surface area contributed by atoms with Crippen LogP contribution in [0.1, 0.15) is 19.3 Å². The number of hydrogen-bond acceptors (Lipinski definition) is 3. The van der Waals surface area contributed by atoms with Crippen LogP contribution in [0.25, 0.3) is 5.69 Å². The van der Waals surface area contributed by atoms with Crippen molar-refractivity contribution in [3.63, 3.8) is 0 Å². The fourth-order valence-electron chi connectivity index (χ4n) is 2.63. The Morgan fingerprint density at radius 2 is 1.87 bits per heavy atom. The highest BCUT2D eigenvalue weighted by molar-refractivity contribution is 6.42. The molecule has 2 aromatic rings. The maximum atomic E-state index is 6.03. The van der Waals surface area contributed by atoms with Gasteiger partial charge in [0.1, 0.15) is 0 Å². The highest BCUT2D eigenvalue weighted by Crippen LogP contribution is 2.24. The highest BCUT2D eigenvalue weighted by Gasteiger charge is 2.10. The summed E-state index contributed by atoms with van der Waals surface area (Å²) in [5.74, 6) is 0.632. The molecule has 23 heavy (non-hydrogen) atoms. The number of ether oxygens (including phenoxy) is 1. The maximum absolute atomic E-state index is 6.03. The summed E-state index contributed by atoms with van der Waals surface area (Å²) in [7, 11) is 0. The Kier molecular flexibility index (Phi) is 7.03. The molecule has 0 amide bonds. The second-order valence-corrected chi connectivity index (χ2v) is 6.26. The average Bonchev–Trinajstić information content (AvgIpc) is 3.18. The standard InChI is InChI=1S/C16H19Cl2N3O.ClH/c17-14-5-4-13(12-15(14)18)21-10-6-16(19-21)22-11-3-9-20-7-1-2-8-20;/h4-6,10,12H,1-3,7-9,11H2;1H. The van der Waals surface area contributed by atoms with Gasteiger partial charge in [-0.3, -0.25) is 0 Å². The SMILES string of the molecule is Cl.Clc1ccc(-n2ccc(OCCCN3CCCC3)n2)cc1Cl. The van der Waals surface area contributed by atoms with Crippen molar-refractivity contribution in [2.24, 2.45) is 0 Å². The highest BCUT2D eigenvalue weighted by atomic mass is 35.5. The van der Waals surface area contributed by atoms with Crippen LogP contribution in [0.2, 0.25) is 10.0 Å². The van der Waals surface area contributed by atoms with Gasteiger partial charge in [-0.05, 0) is 50.6 Å². The van der Waals surface area contributed by atoms with Gasteiger partial charge < -0.3 is 9.64 Å². The Hall–Kier alpha value is -0.940.